The minimum Gasteiger partial charge on any atom is -0.481 e. The van der Waals surface area contributed by atoms with Gasteiger partial charge in [-0.1, -0.05) is 0 Å². The molecule has 0 radical (unpaired) electrons. The average molecular weight is 252 g/mol. The van der Waals surface area contributed by atoms with E-state index in [9.17, 15) is 13.6 Å². The third kappa shape index (κ3) is 2.71. The zero-order valence-electron chi connectivity index (χ0n) is 9.31. The Balaban J connectivity index is 2.21. The highest BCUT2D eigenvalue weighted by Gasteiger charge is 2.08. The predicted molar refractivity (Wildman–Crippen MR) is 59.4 cm³/mol. The first kappa shape index (κ1) is 12.2. The van der Waals surface area contributed by atoms with Crippen LogP contribution >= 0.6 is 0 Å². The van der Waals surface area contributed by atoms with Gasteiger partial charge in [-0.05, 0) is 12.1 Å². The molecule has 1 aromatic heterocycles. The zero-order chi connectivity index (χ0) is 13.1. The second-order valence-electron chi connectivity index (χ2n) is 3.76. The highest BCUT2D eigenvalue weighted by molar-refractivity contribution is 5.66. The van der Waals surface area contributed by atoms with E-state index >= 15 is 0 Å². The Morgan fingerprint density at radius 1 is 1.39 bits per heavy atom. The number of carboxylic acid groups (broad SMARTS) is 1. The number of hydrogen-bond donors (Lipinski definition) is 1. The fourth-order valence-corrected chi connectivity index (χ4v) is 1.55. The van der Waals surface area contributed by atoms with Crippen LogP contribution in [0.25, 0.3) is 5.69 Å². The number of halogens is 2. The van der Waals surface area contributed by atoms with Gasteiger partial charge in [0.05, 0.1) is 24.1 Å². The molecule has 0 aliphatic heterocycles. The molecule has 0 saturated carbocycles. The molecule has 0 unspecified atom stereocenters. The first-order valence-corrected chi connectivity index (χ1v) is 5.26. The molecular weight excluding hydrogens is 242 g/mol. The van der Waals surface area contributed by atoms with Gasteiger partial charge in [0.15, 0.2) is 0 Å². The van der Waals surface area contributed by atoms with Crippen molar-refractivity contribution in [2.24, 2.45) is 0 Å². The average Bonchev–Trinajstić information content (AvgIpc) is 2.75. The van der Waals surface area contributed by atoms with Crippen LogP contribution in [-0.4, -0.2) is 20.6 Å². The summed E-state index contributed by atoms with van der Waals surface area (Å²) >= 11 is 0. The molecular formula is C12H10F2N2O2. The molecule has 18 heavy (non-hydrogen) atoms. The first-order valence-electron chi connectivity index (χ1n) is 5.26. The normalized spacial score (nSPS) is 10.6. The number of rotatable bonds is 4. The van der Waals surface area contributed by atoms with E-state index in [0.717, 1.165) is 12.1 Å². The summed E-state index contributed by atoms with van der Waals surface area (Å²) in [5.41, 5.74) is 0.714. The van der Waals surface area contributed by atoms with Crippen molar-refractivity contribution in [3.8, 4) is 5.69 Å². The number of aromatic nitrogens is 2. The van der Waals surface area contributed by atoms with Crippen molar-refractivity contribution in [1.29, 1.82) is 0 Å². The summed E-state index contributed by atoms with van der Waals surface area (Å²) in [6, 6.07) is 3.23. The topological polar surface area (TPSA) is 55.1 Å². The third-order valence-corrected chi connectivity index (χ3v) is 2.42. The molecule has 94 valence electrons. The number of aliphatic carboxylic acids is 1. The van der Waals surface area contributed by atoms with Crippen LogP contribution in [0.15, 0.2) is 30.7 Å². The maximum absolute atomic E-state index is 13.5. The quantitative estimate of drug-likeness (QED) is 0.907. The lowest BCUT2D eigenvalue weighted by Gasteiger charge is -2.03. The van der Waals surface area contributed by atoms with E-state index in [0.29, 0.717) is 5.69 Å². The summed E-state index contributed by atoms with van der Waals surface area (Å²) < 4.78 is 27.6. The van der Waals surface area contributed by atoms with Crippen molar-refractivity contribution in [3.63, 3.8) is 0 Å². The summed E-state index contributed by atoms with van der Waals surface area (Å²) in [5, 5.41) is 8.54. The van der Waals surface area contributed by atoms with Crippen LogP contribution in [0.1, 0.15) is 12.1 Å². The van der Waals surface area contributed by atoms with Gasteiger partial charge in [0.1, 0.15) is 11.6 Å². The van der Waals surface area contributed by atoms with E-state index in [1.165, 1.54) is 23.2 Å². The number of hydrogen-bond acceptors (Lipinski definition) is 2. The van der Waals surface area contributed by atoms with Gasteiger partial charge < -0.3 is 9.67 Å². The summed E-state index contributed by atoms with van der Waals surface area (Å²) in [4.78, 5) is 14.4. The SMILES string of the molecule is O=C(O)CCc1cn(-c2ccc(F)cc2F)cn1. The number of imidazole rings is 1. The number of carboxylic acids is 1. The lowest BCUT2D eigenvalue weighted by molar-refractivity contribution is -0.136. The monoisotopic (exact) mass is 252 g/mol. The van der Waals surface area contributed by atoms with Crippen LogP contribution in [0.4, 0.5) is 8.78 Å². The van der Waals surface area contributed by atoms with Gasteiger partial charge in [-0.3, -0.25) is 4.79 Å². The highest BCUT2D eigenvalue weighted by Crippen LogP contribution is 2.15. The van der Waals surface area contributed by atoms with Crippen molar-refractivity contribution in [1.82, 2.24) is 9.55 Å². The minimum absolute atomic E-state index is 0.0388. The van der Waals surface area contributed by atoms with E-state index in [4.69, 9.17) is 5.11 Å². The Hall–Kier alpha value is -2.24. The number of nitrogens with zero attached hydrogens (tertiary/aromatic N) is 2. The summed E-state index contributed by atoms with van der Waals surface area (Å²) in [6.45, 7) is 0. The van der Waals surface area contributed by atoms with E-state index in [1.807, 2.05) is 0 Å². The Kier molecular flexibility index (Phi) is 3.36. The van der Waals surface area contributed by atoms with E-state index in [2.05, 4.69) is 4.98 Å². The van der Waals surface area contributed by atoms with Crippen LogP contribution in [0.3, 0.4) is 0 Å². The van der Waals surface area contributed by atoms with Gasteiger partial charge in [-0.25, -0.2) is 13.8 Å². The highest BCUT2D eigenvalue weighted by atomic mass is 19.1. The molecule has 0 bridgehead atoms. The molecule has 0 aliphatic rings. The van der Waals surface area contributed by atoms with E-state index < -0.39 is 17.6 Å². The number of carbonyl (C=O) groups is 1. The van der Waals surface area contributed by atoms with Crippen LogP contribution in [-0.2, 0) is 11.2 Å². The Bertz CT molecular complexity index is 581. The van der Waals surface area contributed by atoms with Gasteiger partial charge >= 0.3 is 5.97 Å². The van der Waals surface area contributed by atoms with Crippen molar-refractivity contribution in [2.75, 3.05) is 0 Å². The molecule has 0 fully saturated rings. The number of benzene rings is 1. The molecule has 2 rings (SSSR count). The van der Waals surface area contributed by atoms with Gasteiger partial charge in [0, 0.05) is 18.7 Å². The predicted octanol–water partition coefficient (Wildman–Crippen LogP) is 2.17. The van der Waals surface area contributed by atoms with Crippen molar-refractivity contribution >= 4 is 5.97 Å². The lowest BCUT2D eigenvalue weighted by atomic mass is 10.2. The second-order valence-corrected chi connectivity index (χ2v) is 3.76. The molecule has 2 aromatic rings. The molecule has 1 heterocycles. The third-order valence-electron chi connectivity index (χ3n) is 2.42. The van der Waals surface area contributed by atoms with E-state index in [1.54, 1.807) is 0 Å². The van der Waals surface area contributed by atoms with Crippen LogP contribution in [0, 0.1) is 11.6 Å². The molecule has 0 atom stereocenters. The Labute approximate surface area is 102 Å². The summed E-state index contributed by atoms with van der Waals surface area (Å²) in [7, 11) is 0. The largest absolute Gasteiger partial charge is 0.481 e. The van der Waals surface area contributed by atoms with Crippen LogP contribution in [0.5, 0.6) is 0 Å². The van der Waals surface area contributed by atoms with Crippen molar-refractivity contribution < 1.29 is 18.7 Å². The molecule has 0 saturated heterocycles. The molecule has 0 amide bonds. The molecule has 4 nitrogen and oxygen atoms in total. The molecule has 6 heteroatoms. The van der Waals surface area contributed by atoms with Gasteiger partial charge in [-0.2, -0.15) is 0 Å². The smallest absolute Gasteiger partial charge is 0.303 e. The molecule has 1 aromatic carbocycles. The van der Waals surface area contributed by atoms with Gasteiger partial charge in [-0.15, -0.1) is 0 Å². The zero-order valence-corrected chi connectivity index (χ0v) is 9.31. The maximum Gasteiger partial charge on any atom is 0.303 e. The van der Waals surface area contributed by atoms with Gasteiger partial charge in [0.2, 0.25) is 0 Å². The lowest BCUT2D eigenvalue weighted by Crippen LogP contribution is -1.98. The van der Waals surface area contributed by atoms with Gasteiger partial charge in [0.25, 0.3) is 0 Å². The fourth-order valence-electron chi connectivity index (χ4n) is 1.55. The van der Waals surface area contributed by atoms with E-state index in [-0.39, 0.29) is 18.5 Å². The second kappa shape index (κ2) is 4.95. The Morgan fingerprint density at radius 2 is 2.17 bits per heavy atom. The molecule has 0 aliphatic carbocycles. The standard InChI is InChI=1S/C12H10F2N2O2/c13-8-1-3-11(10(14)5-8)16-6-9(15-7-16)2-4-12(17)18/h1,3,5-7H,2,4H2,(H,17,18). The van der Waals surface area contributed by atoms with Crippen LogP contribution < -0.4 is 0 Å². The number of aryl methyl sites for hydroxylation is 1. The maximum atomic E-state index is 13.5. The van der Waals surface area contributed by atoms with Crippen LogP contribution in [0.2, 0.25) is 0 Å². The summed E-state index contributed by atoms with van der Waals surface area (Å²) in [5.74, 6) is -2.27. The summed E-state index contributed by atoms with van der Waals surface area (Å²) in [6.07, 6.45) is 3.13. The first-order chi connectivity index (χ1) is 8.56. The molecule has 1 N–H and O–H groups in total. The molecule has 0 spiro atoms. The minimum atomic E-state index is -0.919. The Morgan fingerprint density at radius 3 is 2.83 bits per heavy atom. The van der Waals surface area contributed by atoms with Crippen molar-refractivity contribution in [3.05, 3.63) is 48.1 Å². The van der Waals surface area contributed by atoms with Crippen molar-refractivity contribution in [2.45, 2.75) is 12.8 Å². The fraction of sp³-hybridized carbons (Fsp3) is 0.167.